The molecule has 0 spiro atoms. The SMILES string of the molecule is Nc1ccc(-c2cccc(CN3CCOCC3)c2)nc1C(=O)Cc1cnccc1N1CCC[C@H](N)C1. The third kappa shape index (κ3) is 5.73. The Hall–Kier alpha value is -3.33. The van der Waals surface area contributed by atoms with Gasteiger partial charge in [0.05, 0.1) is 24.6 Å². The van der Waals surface area contributed by atoms with E-state index in [1.165, 1.54) is 5.56 Å². The molecule has 0 radical (unpaired) electrons. The largest absolute Gasteiger partial charge is 0.397 e. The fourth-order valence-corrected chi connectivity index (χ4v) is 5.05. The first-order valence-electron chi connectivity index (χ1n) is 12.7. The van der Waals surface area contributed by atoms with Crippen molar-refractivity contribution in [2.45, 2.75) is 31.8 Å². The summed E-state index contributed by atoms with van der Waals surface area (Å²) in [6.07, 6.45) is 5.78. The van der Waals surface area contributed by atoms with E-state index in [9.17, 15) is 4.79 Å². The molecule has 0 bridgehead atoms. The molecule has 188 valence electrons. The molecule has 0 aliphatic carbocycles. The molecule has 1 aromatic carbocycles. The Labute approximate surface area is 212 Å². The smallest absolute Gasteiger partial charge is 0.187 e. The second-order valence-electron chi connectivity index (χ2n) is 9.68. The Morgan fingerprint density at radius 2 is 1.97 bits per heavy atom. The average Bonchev–Trinajstić information content (AvgIpc) is 2.90. The highest BCUT2D eigenvalue weighted by Crippen LogP contribution is 2.27. The van der Waals surface area contributed by atoms with E-state index >= 15 is 0 Å². The maximum atomic E-state index is 13.4. The number of carbonyl (C=O) groups is 1. The maximum absolute atomic E-state index is 13.4. The molecule has 2 aliphatic heterocycles. The summed E-state index contributed by atoms with van der Waals surface area (Å²) in [5, 5.41) is 0. The van der Waals surface area contributed by atoms with Crippen molar-refractivity contribution in [3.63, 3.8) is 0 Å². The summed E-state index contributed by atoms with van der Waals surface area (Å²) in [6, 6.07) is 14.1. The summed E-state index contributed by atoms with van der Waals surface area (Å²) in [5.74, 6) is -0.116. The quantitative estimate of drug-likeness (QED) is 0.491. The number of ketones is 1. The number of aromatic nitrogens is 2. The van der Waals surface area contributed by atoms with Crippen LogP contribution in [0.1, 0.15) is 34.5 Å². The molecule has 2 aromatic heterocycles. The van der Waals surface area contributed by atoms with Crippen LogP contribution in [0.4, 0.5) is 11.4 Å². The number of rotatable bonds is 7. The Morgan fingerprint density at radius 1 is 1.11 bits per heavy atom. The molecular weight excluding hydrogens is 452 g/mol. The summed E-state index contributed by atoms with van der Waals surface area (Å²) in [7, 11) is 0. The van der Waals surface area contributed by atoms with Gasteiger partial charge >= 0.3 is 0 Å². The minimum atomic E-state index is -0.116. The fraction of sp³-hybridized carbons (Fsp3) is 0.393. The Balaban J connectivity index is 1.35. The average molecular weight is 487 g/mol. The van der Waals surface area contributed by atoms with Gasteiger partial charge in [-0.05, 0) is 42.7 Å². The third-order valence-electron chi connectivity index (χ3n) is 6.95. The zero-order chi connectivity index (χ0) is 24.9. The van der Waals surface area contributed by atoms with Crippen LogP contribution in [-0.4, -0.2) is 66.1 Å². The van der Waals surface area contributed by atoms with Crippen LogP contribution in [0.2, 0.25) is 0 Å². The van der Waals surface area contributed by atoms with Crippen molar-refractivity contribution in [1.29, 1.82) is 0 Å². The van der Waals surface area contributed by atoms with Gasteiger partial charge in [-0.25, -0.2) is 4.98 Å². The van der Waals surface area contributed by atoms with Gasteiger partial charge in [0.1, 0.15) is 5.69 Å². The van der Waals surface area contributed by atoms with Crippen molar-refractivity contribution in [3.8, 4) is 11.3 Å². The second-order valence-corrected chi connectivity index (χ2v) is 9.68. The molecule has 0 unspecified atom stereocenters. The van der Waals surface area contributed by atoms with E-state index in [4.69, 9.17) is 21.2 Å². The van der Waals surface area contributed by atoms with Crippen molar-refractivity contribution in [3.05, 3.63) is 71.7 Å². The molecule has 0 saturated carbocycles. The lowest BCUT2D eigenvalue weighted by atomic mass is 10.0. The summed E-state index contributed by atoms with van der Waals surface area (Å²) < 4.78 is 5.46. The maximum Gasteiger partial charge on any atom is 0.187 e. The fourth-order valence-electron chi connectivity index (χ4n) is 5.05. The van der Waals surface area contributed by atoms with Gasteiger partial charge in [0.2, 0.25) is 0 Å². The summed E-state index contributed by atoms with van der Waals surface area (Å²) >= 11 is 0. The number of piperidine rings is 1. The lowest BCUT2D eigenvalue weighted by Gasteiger charge is -2.33. The number of pyridine rings is 2. The van der Waals surface area contributed by atoms with Crippen LogP contribution < -0.4 is 16.4 Å². The van der Waals surface area contributed by atoms with Crippen molar-refractivity contribution < 1.29 is 9.53 Å². The van der Waals surface area contributed by atoms with Crippen LogP contribution in [0.15, 0.2) is 54.9 Å². The predicted octanol–water partition coefficient (Wildman–Crippen LogP) is 2.91. The van der Waals surface area contributed by atoms with Gasteiger partial charge in [-0.2, -0.15) is 0 Å². The summed E-state index contributed by atoms with van der Waals surface area (Å²) in [5.41, 5.74) is 17.9. The number of nitrogens with two attached hydrogens (primary N) is 2. The number of carbonyl (C=O) groups excluding carboxylic acids is 1. The number of nitrogen functional groups attached to an aromatic ring is 1. The first kappa shape index (κ1) is 24.4. The molecule has 0 amide bonds. The Kier molecular flexibility index (Phi) is 7.55. The zero-order valence-corrected chi connectivity index (χ0v) is 20.6. The van der Waals surface area contributed by atoms with Gasteiger partial charge in [0.15, 0.2) is 5.78 Å². The molecule has 2 saturated heterocycles. The van der Waals surface area contributed by atoms with Crippen molar-refractivity contribution in [2.75, 3.05) is 50.0 Å². The highest BCUT2D eigenvalue weighted by molar-refractivity contribution is 6.01. The van der Waals surface area contributed by atoms with E-state index in [0.717, 1.165) is 81.3 Å². The van der Waals surface area contributed by atoms with E-state index in [1.807, 2.05) is 24.3 Å². The number of Topliss-reactive ketones (excluding diaryl/α,β-unsaturated/α-hetero) is 1. The van der Waals surface area contributed by atoms with E-state index in [0.29, 0.717) is 11.4 Å². The number of benzene rings is 1. The Bertz CT molecular complexity index is 1210. The van der Waals surface area contributed by atoms with Crippen LogP contribution in [-0.2, 0) is 17.7 Å². The number of ether oxygens (including phenoxy) is 1. The van der Waals surface area contributed by atoms with Gasteiger partial charge in [-0.15, -0.1) is 0 Å². The summed E-state index contributed by atoms with van der Waals surface area (Å²) in [4.78, 5) is 27.1. The predicted molar refractivity (Wildman–Crippen MR) is 142 cm³/mol. The Morgan fingerprint density at radius 3 is 2.81 bits per heavy atom. The normalized spacial score (nSPS) is 18.8. The molecule has 8 nitrogen and oxygen atoms in total. The van der Waals surface area contributed by atoms with Crippen LogP contribution >= 0.6 is 0 Å². The van der Waals surface area contributed by atoms with Gasteiger partial charge in [-0.3, -0.25) is 14.7 Å². The number of hydrogen-bond acceptors (Lipinski definition) is 8. The molecule has 2 fully saturated rings. The topological polar surface area (TPSA) is 111 Å². The molecule has 5 rings (SSSR count). The third-order valence-corrected chi connectivity index (χ3v) is 6.95. The van der Waals surface area contributed by atoms with Gasteiger partial charge in [-0.1, -0.05) is 18.2 Å². The second kappa shape index (κ2) is 11.2. The van der Waals surface area contributed by atoms with Crippen molar-refractivity contribution in [1.82, 2.24) is 14.9 Å². The number of anilines is 2. The number of hydrogen-bond donors (Lipinski definition) is 2. The summed E-state index contributed by atoms with van der Waals surface area (Å²) in [6.45, 7) is 5.98. The number of morpholine rings is 1. The molecule has 2 aliphatic rings. The minimum absolute atomic E-state index is 0.116. The number of nitrogens with zero attached hydrogens (tertiary/aromatic N) is 4. The zero-order valence-electron chi connectivity index (χ0n) is 20.6. The van der Waals surface area contributed by atoms with E-state index in [1.54, 1.807) is 18.5 Å². The van der Waals surface area contributed by atoms with Crippen molar-refractivity contribution >= 4 is 17.2 Å². The van der Waals surface area contributed by atoms with E-state index < -0.39 is 0 Å². The van der Waals surface area contributed by atoms with Gasteiger partial charge in [0, 0.05) is 74.4 Å². The van der Waals surface area contributed by atoms with Crippen LogP contribution in [0.25, 0.3) is 11.3 Å². The van der Waals surface area contributed by atoms with Gasteiger partial charge in [0.25, 0.3) is 0 Å². The van der Waals surface area contributed by atoms with Crippen LogP contribution in [0, 0.1) is 0 Å². The van der Waals surface area contributed by atoms with E-state index in [-0.39, 0.29) is 18.2 Å². The first-order valence-corrected chi connectivity index (χ1v) is 12.7. The molecule has 3 aromatic rings. The molecule has 4 heterocycles. The minimum Gasteiger partial charge on any atom is -0.397 e. The van der Waals surface area contributed by atoms with Crippen molar-refractivity contribution in [2.24, 2.45) is 5.73 Å². The molecule has 36 heavy (non-hydrogen) atoms. The molecule has 4 N–H and O–H groups in total. The van der Waals surface area contributed by atoms with E-state index in [2.05, 4.69) is 26.9 Å². The van der Waals surface area contributed by atoms with Crippen LogP contribution in [0.3, 0.4) is 0 Å². The highest BCUT2D eigenvalue weighted by atomic mass is 16.5. The first-order chi connectivity index (χ1) is 17.6. The molecule has 1 atom stereocenters. The monoisotopic (exact) mass is 486 g/mol. The molecular formula is C28H34N6O2. The highest BCUT2D eigenvalue weighted by Gasteiger charge is 2.22. The standard InChI is InChI=1S/C28H34N6O2/c29-23-5-2-10-34(19-23)26-8-9-31-17-22(26)16-27(35)28-24(30)6-7-25(32-28)21-4-1-3-20(15-21)18-33-11-13-36-14-12-33/h1,3-4,6-9,15,17,23H,2,5,10-14,16,18-19,29-30H2/t23-/m0/s1. The lowest BCUT2D eigenvalue weighted by Crippen LogP contribution is -2.43. The van der Waals surface area contributed by atoms with Crippen LogP contribution in [0.5, 0.6) is 0 Å². The lowest BCUT2D eigenvalue weighted by molar-refractivity contribution is 0.0342. The molecule has 8 heteroatoms. The van der Waals surface area contributed by atoms with Gasteiger partial charge < -0.3 is 21.1 Å².